The molecule has 0 radical (unpaired) electrons. The number of benzene rings is 4. The smallest absolute Gasteiger partial charge is 0.0955 e. The lowest BCUT2D eigenvalue weighted by molar-refractivity contribution is 0.948. The highest BCUT2D eigenvalue weighted by molar-refractivity contribution is 6.18. The molecule has 150 valence electrons. The van der Waals surface area contributed by atoms with E-state index in [1.54, 1.807) is 0 Å². The number of nitrogens with zero attached hydrogens (tertiary/aromatic N) is 3. The zero-order valence-corrected chi connectivity index (χ0v) is 17.6. The van der Waals surface area contributed by atoms with E-state index in [0.717, 1.165) is 28.0 Å². The number of rotatable bonds is 2. The Labute approximate surface area is 185 Å². The number of hydrogen-bond donors (Lipinski definition) is 0. The molecule has 7 rings (SSSR count). The lowest BCUT2D eigenvalue weighted by atomic mass is 9.96. The van der Waals surface area contributed by atoms with Gasteiger partial charge in [-0.1, -0.05) is 66.7 Å². The highest BCUT2D eigenvalue weighted by Gasteiger charge is 2.22. The van der Waals surface area contributed by atoms with Crippen molar-refractivity contribution >= 4 is 21.8 Å². The third-order valence-electron chi connectivity index (χ3n) is 6.59. The highest BCUT2D eigenvalue weighted by atomic mass is 15.0. The Morgan fingerprint density at radius 2 is 1.34 bits per heavy atom. The molecule has 3 heteroatoms. The second-order valence-electron chi connectivity index (χ2n) is 8.40. The van der Waals surface area contributed by atoms with Gasteiger partial charge in [-0.3, -0.25) is 0 Å². The third kappa shape index (κ3) is 2.36. The van der Waals surface area contributed by atoms with Crippen molar-refractivity contribution in [2.45, 2.75) is 0 Å². The van der Waals surface area contributed by atoms with Gasteiger partial charge in [0.25, 0.3) is 0 Å². The standard InChI is InChI=1S/C29H19N3/c1-32-17-30-27-15-12-18(16-28(27)32)25-10-5-11-26(31-25)21-13-14-24-20-7-3-2-6-19(20)22-8-4-9-23(21)29(22)24/h2-17H,1H3. The minimum absolute atomic E-state index is 0.970. The first-order chi connectivity index (χ1) is 15.8. The maximum absolute atomic E-state index is 5.08. The molecular formula is C29H19N3. The largest absolute Gasteiger partial charge is 0.334 e. The fourth-order valence-corrected chi connectivity index (χ4v) is 5.06. The minimum atomic E-state index is 0.970. The molecule has 3 nitrogen and oxygen atoms in total. The van der Waals surface area contributed by atoms with Crippen LogP contribution in [0.5, 0.6) is 0 Å². The summed E-state index contributed by atoms with van der Waals surface area (Å²) in [6, 6.07) is 32.4. The number of fused-ring (bicyclic) bond motifs is 4. The maximum atomic E-state index is 5.08. The summed E-state index contributed by atoms with van der Waals surface area (Å²) in [5.41, 5.74) is 11.6. The number of imidazole rings is 1. The Morgan fingerprint density at radius 1 is 0.625 bits per heavy atom. The molecule has 6 aromatic rings. The molecule has 0 amide bonds. The quantitative estimate of drug-likeness (QED) is 0.305. The van der Waals surface area contributed by atoms with Gasteiger partial charge in [-0.15, -0.1) is 0 Å². The van der Waals surface area contributed by atoms with Gasteiger partial charge < -0.3 is 4.57 Å². The van der Waals surface area contributed by atoms with E-state index in [9.17, 15) is 0 Å². The molecule has 0 aliphatic heterocycles. The zero-order chi connectivity index (χ0) is 21.2. The third-order valence-corrected chi connectivity index (χ3v) is 6.59. The molecule has 1 aliphatic rings. The van der Waals surface area contributed by atoms with Crippen LogP contribution in [0.2, 0.25) is 0 Å². The summed E-state index contributed by atoms with van der Waals surface area (Å²) in [5, 5.41) is 2.58. The molecule has 0 fully saturated rings. The van der Waals surface area contributed by atoms with Crippen LogP contribution in [-0.4, -0.2) is 14.5 Å². The van der Waals surface area contributed by atoms with Crippen molar-refractivity contribution in [3.8, 4) is 44.8 Å². The SMILES string of the molecule is Cn1cnc2ccc(-c3cccc(-c4ccc5c6c(cccc46)-c4ccccc4-5)n3)cc21. The molecule has 0 bridgehead atoms. The van der Waals surface area contributed by atoms with Crippen LogP contribution >= 0.6 is 0 Å². The van der Waals surface area contributed by atoms with Gasteiger partial charge in [0, 0.05) is 18.2 Å². The van der Waals surface area contributed by atoms with E-state index < -0.39 is 0 Å². The van der Waals surface area contributed by atoms with E-state index in [2.05, 4.69) is 96.0 Å². The lowest BCUT2D eigenvalue weighted by Gasteiger charge is -2.10. The summed E-state index contributed by atoms with van der Waals surface area (Å²) >= 11 is 0. The second-order valence-corrected chi connectivity index (χ2v) is 8.40. The van der Waals surface area contributed by atoms with E-state index in [-0.39, 0.29) is 0 Å². The predicted molar refractivity (Wildman–Crippen MR) is 131 cm³/mol. The molecule has 2 aromatic heterocycles. The van der Waals surface area contributed by atoms with Gasteiger partial charge in [0.1, 0.15) is 0 Å². The fourth-order valence-electron chi connectivity index (χ4n) is 5.06. The average Bonchev–Trinajstić information content (AvgIpc) is 3.39. The summed E-state index contributed by atoms with van der Waals surface area (Å²) in [7, 11) is 2.02. The van der Waals surface area contributed by atoms with Crippen molar-refractivity contribution in [1.29, 1.82) is 0 Å². The van der Waals surface area contributed by atoms with Crippen LogP contribution in [0, 0.1) is 0 Å². The molecule has 2 heterocycles. The van der Waals surface area contributed by atoms with Crippen LogP contribution in [0.3, 0.4) is 0 Å². The summed E-state index contributed by atoms with van der Waals surface area (Å²) in [5.74, 6) is 0. The second kappa shape index (κ2) is 6.38. The summed E-state index contributed by atoms with van der Waals surface area (Å²) in [6.07, 6.45) is 1.85. The first kappa shape index (κ1) is 17.4. The number of hydrogen-bond acceptors (Lipinski definition) is 2. The van der Waals surface area contributed by atoms with Gasteiger partial charge in [0.05, 0.1) is 28.7 Å². The van der Waals surface area contributed by atoms with E-state index >= 15 is 0 Å². The summed E-state index contributed by atoms with van der Waals surface area (Å²) < 4.78 is 2.05. The number of aromatic nitrogens is 3. The summed E-state index contributed by atoms with van der Waals surface area (Å²) in [6.45, 7) is 0. The molecular weight excluding hydrogens is 390 g/mol. The predicted octanol–water partition coefficient (Wildman–Crippen LogP) is 7.10. The number of aryl methyl sites for hydroxylation is 1. The molecule has 32 heavy (non-hydrogen) atoms. The first-order valence-electron chi connectivity index (χ1n) is 10.8. The average molecular weight is 409 g/mol. The van der Waals surface area contributed by atoms with Gasteiger partial charge in [-0.05, 0) is 57.3 Å². The van der Waals surface area contributed by atoms with Crippen molar-refractivity contribution in [3.63, 3.8) is 0 Å². The monoisotopic (exact) mass is 409 g/mol. The van der Waals surface area contributed by atoms with Crippen LogP contribution in [-0.2, 0) is 7.05 Å². The van der Waals surface area contributed by atoms with Crippen molar-refractivity contribution in [1.82, 2.24) is 14.5 Å². The maximum Gasteiger partial charge on any atom is 0.0955 e. The zero-order valence-electron chi connectivity index (χ0n) is 17.6. The van der Waals surface area contributed by atoms with Crippen LogP contribution in [0.15, 0.2) is 97.3 Å². The van der Waals surface area contributed by atoms with E-state index in [1.165, 1.54) is 38.6 Å². The lowest BCUT2D eigenvalue weighted by Crippen LogP contribution is -1.90. The molecule has 0 N–H and O–H groups in total. The van der Waals surface area contributed by atoms with Crippen LogP contribution in [0.1, 0.15) is 0 Å². The van der Waals surface area contributed by atoms with Crippen molar-refractivity contribution in [3.05, 3.63) is 97.3 Å². The fraction of sp³-hybridized carbons (Fsp3) is 0.0345. The van der Waals surface area contributed by atoms with Crippen molar-refractivity contribution in [2.24, 2.45) is 7.05 Å². The molecule has 4 aromatic carbocycles. The van der Waals surface area contributed by atoms with Gasteiger partial charge >= 0.3 is 0 Å². The van der Waals surface area contributed by atoms with Gasteiger partial charge in [0.15, 0.2) is 0 Å². The normalized spacial score (nSPS) is 11.9. The topological polar surface area (TPSA) is 30.7 Å². The van der Waals surface area contributed by atoms with Crippen LogP contribution in [0.4, 0.5) is 0 Å². The Bertz CT molecular complexity index is 1660. The van der Waals surface area contributed by atoms with Crippen molar-refractivity contribution in [2.75, 3.05) is 0 Å². The van der Waals surface area contributed by atoms with Gasteiger partial charge in [-0.2, -0.15) is 0 Å². The van der Waals surface area contributed by atoms with Crippen LogP contribution in [0.25, 0.3) is 66.6 Å². The first-order valence-corrected chi connectivity index (χ1v) is 10.8. The van der Waals surface area contributed by atoms with Gasteiger partial charge in [0.2, 0.25) is 0 Å². The van der Waals surface area contributed by atoms with Crippen LogP contribution < -0.4 is 0 Å². The van der Waals surface area contributed by atoms with Crippen molar-refractivity contribution < 1.29 is 0 Å². The highest BCUT2D eigenvalue weighted by Crippen LogP contribution is 2.48. The van der Waals surface area contributed by atoms with Gasteiger partial charge in [-0.25, -0.2) is 9.97 Å². The molecule has 0 atom stereocenters. The Hall–Kier alpha value is -4.24. The molecule has 1 aliphatic carbocycles. The Balaban J connectivity index is 1.42. The number of pyridine rings is 1. The van der Waals surface area contributed by atoms with E-state index in [1.807, 2.05) is 17.9 Å². The minimum Gasteiger partial charge on any atom is -0.334 e. The molecule has 0 unspecified atom stereocenters. The molecule has 0 saturated heterocycles. The molecule has 0 spiro atoms. The van der Waals surface area contributed by atoms with E-state index in [4.69, 9.17) is 4.98 Å². The Kier molecular flexibility index (Phi) is 3.48. The summed E-state index contributed by atoms with van der Waals surface area (Å²) in [4.78, 5) is 9.52. The molecule has 0 saturated carbocycles. The van der Waals surface area contributed by atoms with E-state index in [0.29, 0.717) is 0 Å². The Morgan fingerprint density at radius 3 is 2.22 bits per heavy atom.